The number of amides is 1. The molecule has 1 aliphatic rings. The minimum atomic E-state index is -0.828. The normalized spacial score (nSPS) is 26.1. The van der Waals surface area contributed by atoms with E-state index in [0.29, 0.717) is 18.9 Å². The van der Waals surface area contributed by atoms with Gasteiger partial charge >= 0.3 is 5.97 Å². The van der Waals surface area contributed by atoms with Gasteiger partial charge in [0, 0.05) is 12.1 Å². The molecule has 0 bridgehead atoms. The van der Waals surface area contributed by atoms with Gasteiger partial charge in [0.25, 0.3) is 0 Å². The van der Waals surface area contributed by atoms with Gasteiger partial charge in [-0.05, 0) is 46.0 Å². The van der Waals surface area contributed by atoms with Gasteiger partial charge in [-0.2, -0.15) is 0 Å². The van der Waals surface area contributed by atoms with Gasteiger partial charge in [-0.15, -0.1) is 0 Å². The molecule has 5 nitrogen and oxygen atoms in total. The standard InChI is InChI=1S/C15H28N2O3/c1-6-15(4,5)16-13(18)11(3)17-8-7-10(2)9-12(17)14(19)20/h10-12H,6-9H2,1-5H3,(H,16,18)(H,19,20). The van der Waals surface area contributed by atoms with Crippen molar-refractivity contribution in [2.45, 2.75) is 71.5 Å². The minimum Gasteiger partial charge on any atom is -0.480 e. The van der Waals surface area contributed by atoms with Crippen molar-refractivity contribution in [2.75, 3.05) is 6.54 Å². The number of nitrogens with zero attached hydrogens (tertiary/aromatic N) is 1. The SMILES string of the molecule is CCC(C)(C)NC(=O)C(C)N1CCC(C)CC1C(=O)O. The number of rotatable bonds is 5. The molecule has 116 valence electrons. The van der Waals surface area contributed by atoms with E-state index in [1.165, 1.54) is 0 Å². The molecule has 2 N–H and O–H groups in total. The summed E-state index contributed by atoms with van der Waals surface area (Å²) in [5.41, 5.74) is -0.257. The lowest BCUT2D eigenvalue weighted by atomic mass is 9.91. The fourth-order valence-electron chi connectivity index (χ4n) is 2.54. The molecule has 3 unspecified atom stereocenters. The lowest BCUT2D eigenvalue weighted by Crippen LogP contribution is -2.58. The molecule has 1 rings (SSSR count). The van der Waals surface area contributed by atoms with Crippen molar-refractivity contribution in [2.24, 2.45) is 5.92 Å². The van der Waals surface area contributed by atoms with Crippen molar-refractivity contribution >= 4 is 11.9 Å². The smallest absolute Gasteiger partial charge is 0.320 e. The number of likely N-dealkylation sites (tertiary alicyclic amines) is 1. The summed E-state index contributed by atoms with van der Waals surface area (Å²) < 4.78 is 0. The first kappa shape index (κ1) is 17.0. The van der Waals surface area contributed by atoms with Crippen LogP contribution in [0.3, 0.4) is 0 Å². The zero-order valence-electron chi connectivity index (χ0n) is 13.3. The molecular formula is C15H28N2O3. The first-order valence-electron chi connectivity index (χ1n) is 7.48. The number of aliphatic carboxylic acids is 1. The van der Waals surface area contributed by atoms with Crippen LogP contribution < -0.4 is 5.32 Å². The Balaban J connectivity index is 2.76. The topological polar surface area (TPSA) is 69.6 Å². The molecule has 3 atom stereocenters. The van der Waals surface area contributed by atoms with Crippen LogP contribution in [-0.2, 0) is 9.59 Å². The molecule has 20 heavy (non-hydrogen) atoms. The molecular weight excluding hydrogens is 256 g/mol. The average Bonchev–Trinajstić information content (AvgIpc) is 2.37. The predicted molar refractivity (Wildman–Crippen MR) is 78.5 cm³/mol. The lowest BCUT2D eigenvalue weighted by Gasteiger charge is -2.40. The van der Waals surface area contributed by atoms with E-state index < -0.39 is 18.1 Å². The zero-order chi connectivity index (χ0) is 15.5. The highest BCUT2D eigenvalue weighted by Crippen LogP contribution is 2.25. The number of nitrogens with one attached hydrogen (secondary N) is 1. The van der Waals surface area contributed by atoms with Crippen LogP contribution in [0.25, 0.3) is 0 Å². The summed E-state index contributed by atoms with van der Waals surface area (Å²) in [4.78, 5) is 25.5. The summed E-state index contributed by atoms with van der Waals surface area (Å²) in [6.45, 7) is 10.5. The van der Waals surface area contributed by atoms with E-state index in [-0.39, 0.29) is 11.4 Å². The van der Waals surface area contributed by atoms with E-state index in [0.717, 1.165) is 12.8 Å². The van der Waals surface area contributed by atoms with Crippen molar-refractivity contribution in [3.05, 3.63) is 0 Å². The van der Waals surface area contributed by atoms with Crippen LogP contribution in [0.1, 0.15) is 53.9 Å². The number of hydrogen-bond donors (Lipinski definition) is 2. The van der Waals surface area contributed by atoms with E-state index in [1.54, 1.807) is 6.92 Å². The molecule has 0 aromatic heterocycles. The Bertz CT molecular complexity index is 368. The largest absolute Gasteiger partial charge is 0.480 e. The molecule has 1 fully saturated rings. The maximum absolute atomic E-state index is 12.3. The van der Waals surface area contributed by atoms with Gasteiger partial charge in [-0.25, -0.2) is 0 Å². The molecule has 0 saturated carbocycles. The van der Waals surface area contributed by atoms with Crippen LogP contribution in [0.15, 0.2) is 0 Å². The third-order valence-corrected chi connectivity index (χ3v) is 4.41. The van der Waals surface area contributed by atoms with Crippen LogP contribution in [0.5, 0.6) is 0 Å². The Morgan fingerprint density at radius 3 is 2.55 bits per heavy atom. The van der Waals surface area contributed by atoms with Crippen LogP contribution in [0.4, 0.5) is 0 Å². The Labute approximate surface area is 121 Å². The Hall–Kier alpha value is -1.10. The maximum atomic E-state index is 12.3. The molecule has 0 aromatic carbocycles. The highest BCUT2D eigenvalue weighted by Gasteiger charge is 2.37. The minimum absolute atomic E-state index is 0.0855. The second-order valence-corrected chi connectivity index (χ2v) is 6.62. The second kappa shape index (κ2) is 6.57. The van der Waals surface area contributed by atoms with E-state index in [1.807, 2.05) is 25.7 Å². The van der Waals surface area contributed by atoms with Gasteiger partial charge in [0.15, 0.2) is 0 Å². The number of hydrogen-bond acceptors (Lipinski definition) is 3. The molecule has 1 aliphatic heterocycles. The van der Waals surface area contributed by atoms with Crippen molar-refractivity contribution in [3.8, 4) is 0 Å². The van der Waals surface area contributed by atoms with Crippen LogP contribution >= 0.6 is 0 Å². The van der Waals surface area contributed by atoms with Gasteiger partial charge in [-0.1, -0.05) is 13.8 Å². The first-order valence-corrected chi connectivity index (χ1v) is 7.48. The summed E-state index contributed by atoms with van der Waals surface area (Å²) in [5, 5.41) is 12.4. The molecule has 0 aromatic rings. The molecule has 0 spiro atoms. The fraction of sp³-hybridized carbons (Fsp3) is 0.867. The Morgan fingerprint density at radius 2 is 2.05 bits per heavy atom. The lowest BCUT2D eigenvalue weighted by molar-refractivity contribution is -0.148. The van der Waals surface area contributed by atoms with E-state index in [2.05, 4.69) is 12.2 Å². The van der Waals surface area contributed by atoms with Gasteiger partial charge in [0.1, 0.15) is 6.04 Å². The van der Waals surface area contributed by atoms with Crippen molar-refractivity contribution in [1.29, 1.82) is 0 Å². The van der Waals surface area contributed by atoms with Crippen molar-refractivity contribution in [3.63, 3.8) is 0 Å². The van der Waals surface area contributed by atoms with Crippen LogP contribution in [0, 0.1) is 5.92 Å². The van der Waals surface area contributed by atoms with Crippen LogP contribution in [-0.4, -0.2) is 46.1 Å². The molecule has 1 saturated heterocycles. The molecule has 1 heterocycles. The fourth-order valence-corrected chi connectivity index (χ4v) is 2.54. The zero-order valence-corrected chi connectivity index (χ0v) is 13.3. The van der Waals surface area contributed by atoms with Crippen molar-refractivity contribution < 1.29 is 14.7 Å². The van der Waals surface area contributed by atoms with E-state index >= 15 is 0 Å². The van der Waals surface area contributed by atoms with Crippen molar-refractivity contribution in [1.82, 2.24) is 10.2 Å². The third kappa shape index (κ3) is 4.20. The first-order chi connectivity index (χ1) is 9.18. The quantitative estimate of drug-likeness (QED) is 0.808. The molecule has 0 aliphatic carbocycles. The maximum Gasteiger partial charge on any atom is 0.320 e. The summed E-state index contributed by atoms with van der Waals surface area (Å²) in [7, 11) is 0. The summed E-state index contributed by atoms with van der Waals surface area (Å²) in [6.07, 6.45) is 2.40. The van der Waals surface area contributed by atoms with Crippen LogP contribution in [0.2, 0.25) is 0 Å². The van der Waals surface area contributed by atoms with Gasteiger partial charge < -0.3 is 10.4 Å². The number of carbonyl (C=O) groups excluding carboxylic acids is 1. The summed E-state index contributed by atoms with van der Waals surface area (Å²) in [6, 6.07) is -0.960. The predicted octanol–water partition coefficient (Wildman–Crippen LogP) is 1.86. The molecule has 1 amide bonds. The number of carbonyl (C=O) groups is 2. The Kier molecular flexibility index (Phi) is 5.57. The summed E-state index contributed by atoms with van der Waals surface area (Å²) in [5.74, 6) is -0.515. The third-order valence-electron chi connectivity index (χ3n) is 4.41. The van der Waals surface area contributed by atoms with Gasteiger partial charge in [-0.3, -0.25) is 14.5 Å². The number of piperidine rings is 1. The molecule has 0 radical (unpaired) electrons. The van der Waals surface area contributed by atoms with E-state index in [9.17, 15) is 14.7 Å². The average molecular weight is 284 g/mol. The summed E-state index contributed by atoms with van der Waals surface area (Å²) >= 11 is 0. The molecule has 5 heteroatoms. The Morgan fingerprint density at radius 1 is 1.45 bits per heavy atom. The highest BCUT2D eigenvalue weighted by atomic mass is 16.4. The monoisotopic (exact) mass is 284 g/mol. The number of carboxylic acids is 1. The highest BCUT2D eigenvalue weighted by molar-refractivity contribution is 5.83. The van der Waals surface area contributed by atoms with Gasteiger partial charge in [0.05, 0.1) is 6.04 Å². The van der Waals surface area contributed by atoms with E-state index in [4.69, 9.17) is 0 Å². The number of carboxylic acid groups (broad SMARTS) is 1. The van der Waals surface area contributed by atoms with Gasteiger partial charge in [0.2, 0.25) is 5.91 Å². The second-order valence-electron chi connectivity index (χ2n) is 6.62.